The lowest BCUT2D eigenvalue weighted by molar-refractivity contribution is 0.647. The Bertz CT molecular complexity index is 769. The average Bonchev–Trinajstić information content (AvgIpc) is 2.57. The highest BCUT2D eigenvalue weighted by Crippen LogP contribution is 2.18. The van der Waals surface area contributed by atoms with Crippen molar-refractivity contribution in [1.82, 2.24) is 15.0 Å². The van der Waals surface area contributed by atoms with Crippen LogP contribution in [0.2, 0.25) is 0 Å². The Morgan fingerprint density at radius 1 is 0.875 bits per heavy atom. The van der Waals surface area contributed by atoms with Gasteiger partial charge in [-0.25, -0.2) is 9.97 Å². The number of nitrogens with zero attached hydrogens (tertiary/aromatic N) is 3. The second kappa shape index (κ2) is 7.55. The van der Waals surface area contributed by atoms with Gasteiger partial charge in [-0.05, 0) is 42.2 Å². The second-order valence-corrected chi connectivity index (χ2v) is 6.08. The van der Waals surface area contributed by atoms with Gasteiger partial charge in [0.15, 0.2) is 0 Å². The fourth-order valence-corrected chi connectivity index (χ4v) is 2.44. The maximum absolute atomic E-state index is 4.36. The highest BCUT2D eigenvalue weighted by Gasteiger charge is 2.02. The zero-order valence-corrected chi connectivity index (χ0v) is 13.9. The molecule has 0 radical (unpaired) electrons. The number of benzene rings is 1. The summed E-state index contributed by atoms with van der Waals surface area (Å²) in [4.78, 5) is 12.7. The molecule has 3 aromatic rings. The van der Waals surface area contributed by atoms with E-state index in [4.69, 9.17) is 0 Å². The summed E-state index contributed by atoms with van der Waals surface area (Å²) >= 11 is 0. The number of rotatable bonds is 6. The highest BCUT2D eigenvalue weighted by molar-refractivity contribution is 5.59. The summed E-state index contributed by atoms with van der Waals surface area (Å²) in [5.74, 6) is 1.21. The SMILES string of the molecule is CC(C)Cc1cccc(Nc2ncc(Nc3ccncc3)cn2)c1. The van der Waals surface area contributed by atoms with E-state index in [-0.39, 0.29) is 0 Å². The number of aromatic nitrogens is 3. The summed E-state index contributed by atoms with van der Waals surface area (Å²) in [6.07, 6.45) is 8.05. The van der Waals surface area contributed by atoms with E-state index >= 15 is 0 Å². The average molecular weight is 319 g/mol. The van der Waals surface area contributed by atoms with Gasteiger partial charge in [0.05, 0.1) is 18.1 Å². The van der Waals surface area contributed by atoms with Crippen molar-refractivity contribution in [2.45, 2.75) is 20.3 Å². The van der Waals surface area contributed by atoms with E-state index in [1.807, 2.05) is 18.2 Å². The van der Waals surface area contributed by atoms with E-state index in [0.29, 0.717) is 11.9 Å². The van der Waals surface area contributed by atoms with Gasteiger partial charge in [0.1, 0.15) is 0 Å². The molecular formula is C19H21N5. The van der Waals surface area contributed by atoms with Crippen LogP contribution in [0.4, 0.5) is 23.0 Å². The van der Waals surface area contributed by atoms with E-state index in [1.165, 1.54) is 5.56 Å². The Morgan fingerprint density at radius 3 is 2.33 bits per heavy atom. The third-order valence-corrected chi connectivity index (χ3v) is 3.45. The molecule has 2 N–H and O–H groups in total. The summed E-state index contributed by atoms with van der Waals surface area (Å²) in [6.45, 7) is 4.44. The molecule has 0 spiro atoms. The molecule has 0 aliphatic carbocycles. The third-order valence-electron chi connectivity index (χ3n) is 3.45. The first-order valence-corrected chi connectivity index (χ1v) is 8.04. The molecule has 0 aliphatic heterocycles. The Morgan fingerprint density at radius 2 is 1.62 bits per heavy atom. The first-order chi connectivity index (χ1) is 11.7. The van der Waals surface area contributed by atoms with E-state index in [9.17, 15) is 0 Å². The monoisotopic (exact) mass is 319 g/mol. The highest BCUT2D eigenvalue weighted by atomic mass is 15.1. The van der Waals surface area contributed by atoms with Gasteiger partial charge in [0.2, 0.25) is 5.95 Å². The van der Waals surface area contributed by atoms with Crippen LogP contribution in [0.5, 0.6) is 0 Å². The minimum atomic E-state index is 0.581. The molecule has 0 fully saturated rings. The Balaban J connectivity index is 1.66. The molecule has 0 amide bonds. The maximum Gasteiger partial charge on any atom is 0.227 e. The molecule has 0 saturated heterocycles. The Kier molecular flexibility index (Phi) is 5.01. The first kappa shape index (κ1) is 15.9. The van der Waals surface area contributed by atoms with Gasteiger partial charge in [0, 0.05) is 23.8 Å². The Hall–Kier alpha value is -2.95. The molecular weight excluding hydrogens is 298 g/mol. The largest absolute Gasteiger partial charge is 0.353 e. The minimum absolute atomic E-state index is 0.581. The molecule has 122 valence electrons. The number of nitrogens with one attached hydrogen (secondary N) is 2. The molecule has 5 heteroatoms. The van der Waals surface area contributed by atoms with Crippen LogP contribution in [-0.2, 0) is 6.42 Å². The molecule has 0 aliphatic rings. The summed E-state index contributed by atoms with van der Waals surface area (Å²) in [7, 11) is 0. The van der Waals surface area contributed by atoms with Crippen molar-refractivity contribution in [3.8, 4) is 0 Å². The van der Waals surface area contributed by atoms with Crippen LogP contribution in [0.25, 0.3) is 0 Å². The number of hydrogen-bond acceptors (Lipinski definition) is 5. The number of hydrogen-bond donors (Lipinski definition) is 2. The van der Waals surface area contributed by atoms with Gasteiger partial charge < -0.3 is 10.6 Å². The summed E-state index contributed by atoms with van der Waals surface area (Å²) in [5, 5.41) is 6.48. The van der Waals surface area contributed by atoms with Gasteiger partial charge >= 0.3 is 0 Å². The molecule has 2 heterocycles. The fourth-order valence-electron chi connectivity index (χ4n) is 2.44. The topological polar surface area (TPSA) is 62.7 Å². The molecule has 0 atom stereocenters. The van der Waals surface area contributed by atoms with Crippen LogP contribution in [-0.4, -0.2) is 15.0 Å². The standard InChI is InChI=1S/C19H21N5/c1-14(2)10-15-4-3-5-17(11-15)24-19-21-12-18(13-22-19)23-16-6-8-20-9-7-16/h3-9,11-14H,10H2,1-2H3,(H,20,23)(H,21,22,24). The molecule has 0 unspecified atom stereocenters. The van der Waals surface area contributed by atoms with Gasteiger partial charge in [-0.15, -0.1) is 0 Å². The maximum atomic E-state index is 4.36. The van der Waals surface area contributed by atoms with Crippen molar-refractivity contribution in [1.29, 1.82) is 0 Å². The molecule has 5 nitrogen and oxygen atoms in total. The zero-order chi connectivity index (χ0) is 16.8. The molecule has 0 bridgehead atoms. The summed E-state index contributed by atoms with van der Waals surface area (Å²) in [5.41, 5.74) is 4.10. The van der Waals surface area contributed by atoms with Gasteiger partial charge in [-0.2, -0.15) is 0 Å². The van der Waals surface area contributed by atoms with Crippen molar-refractivity contribution < 1.29 is 0 Å². The smallest absolute Gasteiger partial charge is 0.227 e. The molecule has 24 heavy (non-hydrogen) atoms. The van der Waals surface area contributed by atoms with E-state index < -0.39 is 0 Å². The summed E-state index contributed by atoms with van der Waals surface area (Å²) < 4.78 is 0. The lowest BCUT2D eigenvalue weighted by atomic mass is 10.0. The van der Waals surface area contributed by atoms with Crippen LogP contribution in [0.15, 0.2) is 61.2 Å². The second-order valence-electron chi connectivity index (χ2n) is 6.08. The quantitative estimate of drug-likeness (QED) is 0.697. The van der Waals surface area contributed by atoms with Crippen LogP contribution in [0.1, 0.15) is 19.4 Å². The Labute approximate surface area is 142 Å². The van der Waals surface area contributed by atoms with E-state index in [0.717, 1.165) is 23.5 Å². The van der Waals surface area contributed by atoms with Crippen molar-refractivity contribution in [2.24, 2.45) is 5.92 Å². The van der Waals surface area contributed by atoms with Gasteiger partial charge in [-0.3, -0.25) is 4.98 Å². The van der Waals surface area contributed by atoms with Crippen molar-refractivity contribution in [3.05, 3.63) is 66.7 Å². The number of anilines is 4. The molecule has 1 aromatic carbocycles. The molecule has 2 aromatic heterocycles. The molecule has 3 rings (SSSR count). The molecule has 0 saturated carbocycles. The lowest BCUT2D eigenvalue weighted by Crippen LogP contribution is -2.00. The minimum Gasteiger partial charge on any atom is -0.353 e. The van der Waals surface area contributed by atoms with Crippen LogP contribution in [0, 0.1) is 5.92 Å². The van der Waals surface area contributed by atoms with Crippen LogP contribution in [0.3, 0.4) is 0 Å². The van der Waals surface area contributed by atoms with Crippen LogP contribution < -0.4 is 10.6 Å². The predicted octanol–water partition coefficient (Wildman–Crippen LogP) is 4.56. The third kappa shape index (κ3) is 4.52. The van der Waals surface area contributed by atoms with Gasteiger partial charge in [0.25, 0.3) is 0 Å². The lowest BCUT2D eigenvalue weighted by Gasteiger charge is -2.09. The van der Waals surface area contributed by atoms with E-state index in [1.54, 1.807) is 24.8 Å². The van der Waals surface area contributed by atoms with Gasteiger partial charge in [-0.1, -0.05) is 26.0 Å². The van der Waals surface area contributed by atoms with Crippen molar-refractivity contribution >= 4 is 23.0 Å². The predicted molar refractivity (Wildman–Crippen MR) is 97.8 cm³/mol. The zero-order valence-electron chi connectivity index (χ0n) is 13.9. The fraction of sp³-hybridized carbons (Fsp3) is 0.211. The van der Waals surface area contributed by atoms with Crippen molar-refractivity contribution in [2.75, 3.05) is 10.6 Å². The summed E-state index contributed by atoms with van der Waals surface area (Å²) in [6, 6.07) is 12.2. The van der Waals surface area contributed by atoms with E-state index in [2.05, 4.69) is 57.6 Å². The normalized spacial score (nSPS) is 10.6. The van der Waals surface area contributed by atoms with Crippen molar-refractivity contribution in [3.63, 3.8) is 0 Å². The van der Waals surface area contributed by atoms with Crippen LogP contribution >= 0.6 is 0 Å². The number of pyridine rings is 1. The first-order valence-electron chi connectivity index (χ1n) is 8.04.